The van der Waals surface area contributed by atoms with Crippen LogP contribution in [-0.4, -0.2) is 8.75 Å². The van der Waals surface area contributed by atoms with Gasteiger partial charge >= 0.3 is 0 Å². The van der Waals surface area contributed by atoms with Crippen LogP contribution in [0.2, 0.25) is 0 Å². The van der Waals surface area contributed by atoms with Crippen LogP contribution in [-0.2, 0) is 0 Å². The summed E-state index contributed by atoms with van der Waals surface area (Å²) in [6, 6.07) is 56.8. The predicted molar refractivity (Wildman–Crippen MR) is 242 cm³/mol. The first-order valence-electron chi connectivity index (χ1n) is 18.1. The van der Waals surface area contributed by atoms with Crippen LogP contribution in [0.3, 0.4) is 0 Å². The molecule has 2 nitrogen and oxygen atoms in total. The van der Waals surface area contributed by atoms with E-state index in [1.165, 1.54) is 95.3 Å². The quantitative estimate of drug-likeness (QED) is 0.153. The smallest absolute Gasteiger partial charge is 0.114 e. The second kappa shape index (κ2) is 14.4. The van der Waals surface area contributed by atoms with E-state index in [1.807, 2.05) is 45.3 Å². The highest BCUT2D eigenvalue weighted by Crippen LogP contribution is 2.52. The Morgan fingerprint density at radius 3 is 1.02 bits per heavy atom. The molecule has 10 rings (SSSR count). The molecule has 0 fully saturated rings. The fourth-order valence-corrected chi connectivity index (χ4v) is 12.8. The van der Waals surface area contributed by atoms with Gasteiger partial charge in [-0.3, -0.25) is 0 Å². The lowest BCUT2D eigenvalue weighted by Crippen LogP contribution is -1.84. The molecule has 0 aliphatic rings. The first kappa shape index (κ1) is 34.2. The highest BCUT2D eigenvalue weighted by molar-refractivity contribution is 7.25. The zero-order valence-electron chi connectivity index (χ0n) is 29.9. The van der Waals surface area contributed by atoms with Crippen molar-refractivity contribution in [2.24, 2.45) is 0 Å². The fourth-order valence-electron chi connectivity index (χ4n) is 7.58. The van der Waals surface area contributed by atoms with Gasteiger partial charge in [-0.1, -0.05) is 133 Å². The molecule has 5 heterocycles. The van der Waals surface area contributed by atoms with Crippen LogP contribution in [0.4, 0.5) is 0 Å². The summed E-state index contributed by atoms with van der Waals surface area (Å²) in [6.45, 7) is 4.50. The molecule has 5 aromatic carbocycles. The Hall–Kier alpha value is -5.28. The van der Waals surface area contributed by atoms with Crippen LogP contribution in [0.15, 0.2) is 158 Å². The van der Waals surface area contributed by atoms with Gasteiger partial charge in [-0.2, -0.15) is 8.75 Å². The Kier molecular flexibility index (Phi) is 8.97. The van der Waals surface area contributed by atoms with Crippen molar-refractivity contribution < 1.29 is 0 Å². The molecule has 0 saturated heterocycles. The van der Waals surface area contributed by atoms with Crippen LogP contribution in [0.25, 0.3) is 95.9 Å². The maximum Gasteiger partial charge on any atom is 0.114 e. The van der Waals surface area contributed by atoms with Crippen molar-refractivity contribution in [1.29, 1.82) is 0 Å². The van der Waals surface area contributed by atoms with Crippen molar-refractivity contribution in [2.45, 2.75) is 13.8 Å². The van der Waals surface area contributed by atoms with Crippen molar-refractivity contribution in [2.75, 3.05) is 0 Å². The van der Waals surface area contributed by atoms with Gasteiger partial charge in [0, 0.05) is 62.6 Å². The van der Waals surface area contributed by atoms with E-state index < -0.39 is 0 Å². The van der Waals surface area contributed by atoms with Gasteiger partial charge in [0.2, 0.25) is 0 Å². The minimum absolute atomic E-state index is 0.963. The molecule has 0 unspecified atom stereocenters. The van der Waals surface area contributed by atoms with E-state index in [-0.39, 0.29) is 0 Å². The number of hydrogen-bond acceptors (Lipinski definition) is 7. The van der Waals surface area contributed by atoms with Crippen molar-refractivity contribution in [3.8, 4) is 84.9 Å². The molecule has 7 heteroatoms. The number of aryl methyl sites for hydroxylation is 2. The minimum Gasteiger partial charge on any atom is -0.172 e. The number of benzene rings is 5. The van der Waals surface area contributed by atoms with Gasteiger partial charge in [0.15, 0.2) is 0 Å². The van der Waals surface area contributed by atoms with Crippen LogP contribution < -0.4 is 0 Å². The molecule has 0 aliphatic heterocycles. The summed E-state index contributed by atoms with van der Waals surface area (Å²) in [6.07, 6.45) is 0. The van der Waals surface area contributed by atoms with Crippen molar-refractivity contribution in [3.63, 3.8) is 0 Å². The summed E-state index contributed by atoms with van der Waals surface area (Å²) in [5, 5.41) is 0. The third-order valence-electron chi connectivity index (χ3n) is 10.0. The largest absolute Gasteiger partial charge is 0.172 e. The SMILES string of the molecule is Cc1sc(-c2ccc(-c3ccc(-c4ccc(-c5sc(C)c(-c6ccccc6)c5-c5ccccc5)s4)c4nsnc34)s2)c(-c2ccccc2)c1-c1ccccc1. The van der Waals surface area contributed by atoms with E-state index >= 15 is 0 Å². The first-order chi connectivity index (χ1) is 27.1. The molecule has 0 bridgehead atoms. The van der Waals surface area contributed by atoms with Gasteiger partial charge in [0.05, 0.1) is 21.5 Å². The molecule has 0 aliphatic carbocycles. The second-order valence-corrected chi connectivity index (χ2v) is 18.5. The van der Waals surface area contributed by atoms with Gasteiger partial charge in [-0.25, -0.2) is 0 Å². The zero-order valence-corrected chi connectivity index (χ0v) is 34.0. The van der Waals surface area contributed by atoms with E-state index in [0.717, 1.165) is 22.2 Å². The van der Waals surface area contributed by atoms with Crippen LogP contribution in [0.5, 0.6) is 0 Å². The minimum atomic E-state index is 0.963. The van der Waals surface area contributed by atoms with E-state index in [4.69, 9.17) is 8.75 Å². The Bertz CT molecular complexity index is 2730. The molecule has 0 amide bonds. The Balaban J connectivity index is 1.04. The summed E-state index contributed by atoms with van der Waals surface area (Å²) in [5.74, 6) is 0. The fraction of sp³-hybridized carbons (Fsp3) is 0.0417. The number of aromatic nitrogens is 2. The second-order valence-electron chi connectivity index (χ2n) is 13.4. The molecule has 55 heavy (non-hydrogen) atoms. The lowest BCUT2D eigenvalue weighted by atomic mass is 9.95. The summed E-state index contributed by atoms with van der Waals surface area (Å²) < 4.78 is 9.80. The standard InChI is InChI=1S/C48H32N2S5/c1-29-41(31-15-7-3-8-16-31)43(33-19-11-5-12-20-33)47(51-29)39-27-25-37(53-39)35-23-24-36(46-45(35)49-55-50-46)38-26-28-40(54-38)48-44(34-21-13-6-14-22-34)42(30(2)52-48)32-17-9-4-10-18-32/h3-28H,1-2H3. The van der Waals surface area contributed by atoms with Gasteiger partial charge in [0.1, 0.15) is 11.0 Å². The van der Waals surface area contributed by atoms with Gasteiger partial charge in [-0.15, -0.1) is 45.3 Å². The molecule has 0 spiro atoms. The van der Waals surface area contributed by atoms with E-state index in [9.17, 15) is 0 Å². The van der Waals surface area contributed by atoms with Gasteiger partial charge < -0.3 is 0 Å². The zero-order chi connectivity index (χ0) is 36.9. The molecular formula is C48H32N2S5. The van der Waals surface area contributed by atoms with Crippen molar-refractivity contribution in [1.82, 2.24) is 8.75 Å². The molecule has 0 saturated carbocycles. The highest BCUT2D eigenvalue weighted by Gasteiger charge is 2.24. The molecule has 0 radical (unpaired) electrons. The topological polar surface area (TPSA) is 25.8 Å². The average molecular weight is 797 g/mol. The number of rotatable bonds is 8. The summed E-state index contributed by atoms with van der Waals surface area (Å²) in [7, 11) is 0. The predicted octanol–water partition coefficient (Wildman–Crippen LogP) is 15.9. The van der Waals surface area contributed by atoms with Crippen molar-refractivity contribution in [3.05, 3.63) is 167 Å². The lowest BCUT2D eigenvalue weighted by Gasteiger charge is -2.09. The van der Waals surface area contributed by atoms with Crippen molar-refractivity contribution >= 4 is 68.1 Å². The maximum atomic E-state index is 4.90. The molecule has 264 valence electrons. The van der Waals surface area contributed by atoms with E-state index in [0.29, 0.717) is 0 Å². The summed E-state index contributed by atoms with van der Waals surface area (Å²) in [5.41, 5.74) is 14.4. The monoisotopic (exact) mass is 796 g/mol. The van der Waals surface area contributed by atoms with Gasteiger partial charge in [-0.05, 0) is 60.4 Å². The van der Waals surface area contributed by atoms with Crippen LogP contribution in [0.1, 0.15) is 9.75 Å². The lowest BCUT2D eigenvalue weighted by molar-refractivity contribution is 1.57. The van der Waals surface area contributed by atoms with Crippen LogP contribution >= 0.6 is 57.1 Å². The molecule has 5 aromatic heterocycles. The Morgan fingerprint density at radius 2 is 0.655 bits per heavy atom. The number of nitrogens with zero attached hydrogens (tertiary/aromatic N) is 2. The highest BCUT2D eigenvalue weighted by atomic mass is 32.1. The first-order valence-corrected chi connectivity index (χ1v) is 22.1. The normalized spacial score (nSPS) is 11.5. The molecule has 10 aromatic rings. The Labute approximate surface area is 340 Å². The number of hydrogen-bond donors (Lipinski definition) is 0. The summed E-state index contributed by atoms with van der Waals surface area (Å²) in [4.78, 5) is 10.2. The van der Waals surface area contributed by atoms with Crippen LogP contribution in [0, 0.1) is 13.8 Å². The van der Waals surface area contributed by atoms with E-state index in [2.05, 4.69) is 172 Å². The third-order valence-corrected chi connectivity index (χ3v) is 15.4. The third kappa shape index (κ3) is 6.13. The summed E-state index contributed by atoms with van der Waals surface area (Å²) >= 11 is 8.74. The average Bonchev–Trinajstić information content (AvgIpc) is 4.09. The molecular weight excluding hydrogens is 765 g/mol. The number of thiophene rings is 4. The maximum absolute atomic E-state index is 4.90. The Morgan fingerprint density at radius 1 is 0.327 bits per heavy atom. The number of fused-ring (bicyclic) bond motifs is 1. The van der Waals surface area contributed by atoms with E-state index in [1.54, 1.807) is 0 Å². The molecule has 0 N–H and O–H groups in total. The van der Waals surface area contributed by atoms with Gasteiger partial charge in [0.25, 0.3) is 0 Å². The molecule has 0 atom stereocenters.